The molecular formula is C19H26ClNO4. The SMILES string of the molecule is Cc1cc(OCC(=O)OCC(=O)N[C@@H]2CCC[C@@H](C)[C@@H]2C)ccc1Cl. The van der Waals surface area contributed by atoms with E-state index in [9.17, 15) is 9.59 Å². The van der Waals surface area contributed by atoms with Gasteiger partial charge in [-0.25, -0.2) is 4.79 Å². The summed E-state index contributed by atoms with van der Waals surface area (Å²) >= 11 is 5.94. The van der Waals surface area contributed by atoms with Gasteiger partial charge in [-0.15, -0.1) is 0 Å². The molecule has 1 N–H and O–H groups in total. The van der Waals surface area contributed by atoms with E-state index < -0.39 is 5.97 Å². The maximum atomic E-state index is 12.0. The molecule has 1 saturated carbocycles. The molecule has 6 heteroatoms. The predicted molar refractivity (Wildman–Crippen MR) is 96.8 cm³/mol. The number of halogens is 1. The molecule has 1 aromatic rings. The molecule has 5 nitrogen and oxygen atoms in total. The first-order valence-electron chi connectivity index (χ1n) is 8.70. The summed E-state index contributed by atoms with van der Waals surface area (Å²) < 4.78 is 10.3. The van der Waals surface area contributed by atoms with Crippen LogP contribution in [0.3, 0.4) is 0 Å². The van der Waals surface area contributed by atoms with Crippen molar-refractivity contribution >= 4 is 23.5 Å². The van der Waals surface area contributed by atoms with Crippen LogP contribution in [0.2, 0.25) is 5.02 Å². The zero-order valence-electron chi connectivity index (χ0n) is 15.0. The molecule has 0 aliphatic heterocycles. The van der Waals surface area contributed by atoms with Crippen molar-refractivity contribution in [2.75, 3.05) is 13.2 Å². The summed E-state index contributed by atoms with van der Waals surface area (Å²) in [4.78, 5) is 23.7. The molecular weight excluding hydrogens is 342 g/mol. The molecule has 0 heterocycles. The second-order valence-electron chi connectivity index (χ2n) is 6.80. The van der Waals surface area contributed by atoms with Crippen LogP contribution in [0.25, 0.3) is 0 Å². The Morgan fingerprint density at radius 3 is 2.72 bits per heavy atom. The summed E-state index contributed by atoms with van der Waals surface area (Å²) in [6.07, 6.45) is 3.29. The lowest BCUT2D eigenvalue weighted by atomic mass is 9.78. The summed E-state index contributed by atoms with van der Waals surface area (Å²) in [5.74, 6) is 0.727. The van der Waals surface area contributed by atoms with Crippen LogP contribution in [0, 0.1) is 18.8 Å². The van der Waals surface area contributed by atoms with E-state index in [1.807, 2.05) is 6.92 Å². The highest BCUT2D eigenvalue weighted by molar-refractivity contribution is 6.31. The maximum absolute atomic E-state index is 12.0. The summed E-state index contributed by atoms with van der Waals surface area (Å²) in [5, 5.41) is 3.61. The van der Waals surface area contributed by atoms with Crippen molar-refractivity contribution in [1.29, 1.82) is 0 Å². The molecule has 0 unspecified atom stereocenters. The Morgan fingerprint density at radius 1 is 1.24 bits per heavy atom. The Bertz CT molecular complexity index is 619. The van der Waals surface area contributed by atoms with Crippen LogP contribution in [0.15, 0.2) is 18.2 Å². The second kappa shape index (κ2) is 9.09. The van der Waals surface area contributed by atoms with Crippen molar-refractivity contribution in [3.63, 3.8) is 0 Å². The third-order valence-electron chi connectivity index (χ3n) is 4.90. The summed E-state index contributed by atoms with van der Waals surface area (Å²) in [6.45, 7) is 5.69. The normalized spacial score (nSPS) is 23.0. The number of carbonyl (C=O) groups excluding carboxylic acids is 2. The fourth-order valence-corrected chi connectivity index (χ4v) is 3.19. The number of esters is 1. The van der Waals surface area contributed by atoms with E-state index in [4.69, 9.17) is 21.1 Å². The van der Waals surface area contributed by atoms with Gasteiger partial charge in [-0.05, 0) is 48.9 Å². The lowest BCUT2D eigenvalue weighted by Crippen LogP contribution is -2.45. The van der Waals surface area contributed by atoms with Gasteiger partial charge in [0.1, 0.15) is 5.75 Å². The summed E-state index contributed by atoms with van der Waals surface area (Å²) in [6, 6.07) is 5.29. The molecule has 25 heavy (non-hydrogen) atoms. The zero-order valence-corrected chi connectivity index (χ0v) is 15.8. The van der Waals surface area contributed by atoms with E-state index in [0.717, 1.165) is 18.4 Å². The molecule has 1 amide bonds. The Labute approximate surface area is 154 Å². The largest absolute Gasteiger partial charge is 0.482 e. The smallest absolute Gasteiger partial charge is 0.344 e. The van der Waals surface area contributed by atoms with E-state index in [0.29, 0.717) is 22.6 Å². The highest BCUT2D eigenvalue weighted by atomic mass is 35.5. The van der Waals surface area contributed by atoms with Crippen LogP contribution in [-0.4, -0.2) is 31.1 Å². The highest BCUT2D eigenvalue weighted by Crippen LogP contribution is 2.29. The predicted octanol–water partition coefficient (Wildman–Crippen LogP) is 3.51. The van der Waals surface area contributed by atoms with E-state index in [-0.39, 0.29) is 25.2 Å². The number of hydrogen-bond donors (Lipinski definition) is 1. The minimum atomic E-state index is -0.576. The van der Waals surface area contributed by atoms with Gasteiger partial charge in [0.2, 0.25) is 0 Å². The fraction of sp³-hybridized carbons (Fsp3) is 0.579. The quantitative estimate of drug-likeness (QED) is 0.781. The lowest BCUT2D eigenvalue weighted by molar-refractivity contribution is -0.150. The molecule has 0 saturated heterocycles. The minimum Gasteiger partial charge on any atom is -0.482 e. The van der Waals surface area contributed by atoms with Gasteiger partial charge >= 0.3 is 5.97 Å². The number of rotatable bonds is 6. The third kappa shape index (κ3) is 5.92. The van der Waals surface area contributed by atoms with Gasteiger partial charge in [-0.3, -0.25) is 4.79 Å². The lowest BCUT2D eigenvalue weighted by Gasteiger charge is -2.34. The number of hydrogen-bond acceptors (Lipinski definition) is 4. The van der Waals surface area contributed by atoms with Crippen LogP contribution in [0.4, 0.5) is 0 Å². The standard InChI is InChI=1S/C19H26ClNO4/c1-12-5-4-6-17(14(12)3)21-18(22)10-25-19(23)11-24-15-7-8-16(20)13(2)9-15/h7-9,12,14,17H,4-6,10-11H2,1-3H3,(H,21,22)/t12-,14+,17-/m1/s1. The summed E-state index contributed by atoms with van der Waals surface area (Å²) in [5.41, 5.74) is 0.864. The fourth-order valence-electron chi connectivity index (χ4n) is 3.07. The zero-order chi connectivity index (χ0) is 18.4. The highest BCUT2D eigenvalue weighted by Gasteiger charge is 2.28. The van der Waals surface area contributed by atoms with Crippen molar-refractivity contribution < 1.29 is 19.1 Å². The van der Waals surface area contributed by atoms with Crippen LogP contribution >= 0.6 is 11.6 Å². The van der Waals surface area contributed by atoms with Gasteiger partial charge in [0, 0.05) is 11.1 Å². The molecule has 2 rings (SSSR count). The van der Waals surface area contributed by atoms with Crippen molar-refractivity contribution in [2.24, 2.45) is 11.8 Å². The van der Waals surface area contributed by atoms with Crippen LogP contribution in [-0.2, 0) is 14.3 Å². The summed E-state index contributed by atoms with van der Waals surface area (Å²) in [7, 11) is 0. The van der Waals surface area contributed by atoms with E-state index in [1.165, 1.54) is 6.42 Å². The Morgan fingerprint density at radius 2 is 2.00 bits per heavy atom. The van der Waals surface area contributed by atoms with Gasteiger partial charge in [0.15, 0.2) is 13.2 Å². The number of benzene rings is 1. The van der Waals surface area contributed by atoms with Crippen molar-refractivity contribution in [3.05, 3.63) is 28.8 Å². The van der Waals surface area contributed by atoms with E-state index in [1.54, 1.807) is 18.2 Å². The Balaban J connectivity index is 1.70. The molecule has 1 aromatic carbocycles. The monoisotopic (exact) mass is 367 g/mol. The van der Waals surface area contributed by atoms with Crippen molar-refractivity contribution in [2.45, 2.75) is 46.1 Å². The topological polar surface area (TPSA) is 64.6 Å². The van der Waals surface area contributed by atoms with Gasteiger partial charge in [-0.2, -0.15) is 0 Å². The molecule has 1 fully saturated rings. The van der Waals surface area contributed by atoms with Crippen molar-refractivity contribution in [3.8, 4) is 5.75 Å². The average molecular weight is 368 g/mol. The molecule has 3 atom stereocenters. The first-order valence-corrected chi connectivity index (χ1v) is 9.08. The molecule has 0 aromatic heterocycles. The molecule has 1 aliphatic carbocycles. The number of ether oxygens (including phenoxy) is 2. The van der Waals surface area contributed by atoms with Gasteiger partial charge < -0.3 is 14.8 Å². The van der Waals surface area contributed by atoms with Gasteiger partial charge in [0.05, 0.1) is 0 Å². The molecule has 0 bridgehead atoms. The van der Waals surface area contributed by atoms with Crippen LogP contribution in [0.1, 0.15) is 38.7 Å². The number of nitrogens with one attached hydrogen (secondary N) is 1. The maximum Gasteiger partial charge on any atom is 0.344 e. The first kappa shape index (κ1) is 19.6. The number of amides is 1. The third-order valence-corrected chi connectivity index (χ3v) is 5.33. The molecule has 138 valence electrons. The number of aryl methyl sites for hydroxylation is 1. The first-order chi connectivity index (χ1) is 11.9. The molecule has 0 spiro atoms. The molecule has 0 radical (unpaired) electrons. The second-order valence-corrected chi connectivity index (χ2v) is 7.21. The van der Waals surface area contributed by atoms with E-state index in [2.05, 4.69) is 19.2 Å². The van der Waals surface area contributed by atoms with Gasteiger partial charge in [0.25, 0.3) is 5.91 Å². The van der Waals surface area contributed by atoms with Crippen LogP contribution in [0.5, 0.6) is 5.75 Å². The van der Waals surface area contributed by atoms with Crippen molar-refractivity contribution in [1.82, 2.24) is 5.32 Å². The molecule has 1 aliphatic rings. The number of carbonyl (C=O) groups is 2. The average Bonchev–Trinajstić information content (AvgIpc) is 2.58. The van der Waals surface area contributed by atoms with Gasteiger partial charge in [-0.1, -0.05) is 38.3 Å². The minimum absolute atomic E-state index is 0.156. The Kier molecular flexibility index (Phi) is 7.12. The van der Waals surface area contributed by atoms with Crippen LogP contribution < -0.4 is 10.1 Å². The van der Waals surface area contributed by atoms with E-state index >= 15 is 0 Å². The Hall–Kier alpha value is -1.75.